The van der Waals surface area contributed by atoms with Gasteiger partial charge in [-0.2, -0.15) is 0 Å². The molecule has 9 heteroatoms. The van der Waals surface area contributed by atoms with Gasteiger partial charge >= 0.3 is 0 Å². The van der Waals surface area contributed by atoms with E-state index in [1.807, 2.05) is 31.2 Å². The van der Waals surface area contributed by atoms with Gasteiger partial charge in [-0.05, 0) is 48.9 Å². The van der Waals surface area contributed by atoms with Gasteiger partial charge in [0.1, 0.15) is 0 Å². The number of halogens is 2. The number of carbonyl (C=O) groups excluding carboxylic acids is 2. The van der Waals surface area contributed by atoms with Gasteiger partial charge in [-0.3, -0.25) is 9.59 Å². The Morgan fingerprint density at radius 2 is 2.04 bits per heavy atom. The molecule has 0 saturated heterocycles. The van der Waals surface area contributed by atoms with Crippen LogP contribution in [-0.4, -0.2) is 34.1 Å². The molecule has 3 aromatic rings. The Labute approximate surface area is 173 Å². The molecule has 0 aliphatic carbocycles. The number of anilines is 1. The summed E-state index contributed by atoms with van der Waals surface area (Å²) < 4.78 is 0.941. The molecule has 0 aliphatic heterocycles. The van der Waals surface area contributed by atoms with Gasteiger partial charge in [0, 0.05) is 15.2 Å². The first-order valence-electron chi connectivity index (χ1n) is 8.01. The van der Waals surface area contributed by atoms with Crippen molar-refractivity contribution >= 4 is 67.8 Å². The molecule has 0 atom stereocenters. The highest BCUT2D eigenvalue weighted by Crippen LogP contribution is 2.22. The number of thioether (sulfide) groups is 1. The van der Waals surface area contributed by atoms with E-state index in [0.29, 0.717) is 15.9 Å². The number of nitrogens with zero attached hydrogens (tertiary/aromatic N) is 1. The molecule has 0 aliphatic rings. The molecule has 0 unspecified atom stereocenters. The van der Waals surface area contributed by atoms with E-state index in [-0.39, 0.29) is 24.1 Å². The largest absolute Gasteiger partial charge is 0.346 e. The normalized spacial score (nSPS) is 10.8. The highest BCUT2D eigenvalue weighted by molar-refractivity contribution is 9.10. The SMILES string of the molecule is Cc1cc(Br)ccc1NC(=O)CNC(=O)CSc1nc2ccc(Cl)cc2[nH]1. The van der Waals surface area contributed by atoms with Crippen LogP contribution in [0.15, 0.2) is 46.0 Å². The second kappa shape index (κ2) is 8.77. The molecule has 2 aromatic carbocycles. The van der Waals surface area contributed by atoms with Crippen molar-refractivity contribution in [3.8, 4) is 0 Å². The molecule has 0 saturated carbocycles. The third-order valence-electron chi connectivity index (χ3n) is 3.67. The second-order valence-corrected chi connectivity index (χ2v) is 8.09. The van der Waals surface area contributed by atoms with Crippen LogP contribution in [0.5, 0.6) is 0 Å². The number of benzene rings is 2. The average Bonchev–Trinajstić information content (AvgIpc) is 3.02. The van der Waals surface area contributed by atoms with Crippen LogP contribution in [0.25, 0.3) is 11.0 Å². The lowest BCUT2D eigenvalue weighted by Crippen LogP contribution is -2.34. The van der Waals surface area contributed by atoms with Crippen molar-refractivity contribution in [2.45, 2.75) is 12.1 Å². The number of amides is 2. The standard InChI is InChI=1S/C18H16BrClN4O2S/c1-10-6-11(19)2-4-13(10)22-16(25)8-21-17(26)9-27-18-23-14-5-3-12(20)7-15(14)24-18/h2-7H,8-9H2,1H3,(H,21,26)(H,22,25)(H,23,24). The number of imidazole rings is 1. The maximum atomic E-state index is 12.0. The van der Waals surface area contributed by atoms with Crippen molar-refractivity contribution in [2.75, 3.05) is 17.6 Å². The first-order chi connectivity index (χ1) is 12.9. The van der Waals surface area contributed by atoms with Crippen LogP contribution in [0.2, 0.25) is 5.02 Å². The highest BCUT2D eigenvalue weighted by atomic mass is 79.9. The monoisotopic (exact) mass is 466 g/mol. The lowest BCUT2D eigenvalue weighted by molar-refractivity contribution is -0.122. The molecule has 6 nitrogen and oxygen atoms in total. The quantitative estimate of drug-likeness (QED) is 0.476. The van der Waals surface area contributed by atoms with Crippen LogP contribution in [0, 0.1) is 6.92 Å². The molecule has 0 spiro atoms. The fourth-order valence-electron chi connectivity index (χ4n) is 2.35. The minimum atomic E-state index is -0.280. The smallest absolute Gasteiger partial charge is 0.243 e. The van der Waals surface area contributed by atoms with E-state index >= 15 is 0 Å². The Morgan fingerprint density at radius 3 is 2.81 bits per heavy atom. The van der Waals surface area contributed by atoms with Gasteiger partial charge in [-0.15, -0.1) is 0 Å². The fourth-order valence-corrected chi connectivity index (χ4v) is 3.71. The third kappa shape index (κ3) is 5.47. The number of H-pyrrole nitrogens is 1. The van der Waals surface area contributed by atoms with E-state index in [9.17, 15) is 9.59 Å². The summed E-state index contributed by atoms with van der Waals surface area (Å²) in [7, 11) is 0. The van der Waals surface area contributed by atoms with Crippen LogP contribution in [0.4, 0.5) is 5.69 Å². The number of fused-ring (bicyclic) bond motifs is 1. The van der Waals surface area contributed by atoms with Crippen molar-refractivity contribution in [2.24, 2.45) is 0 Å². The molecule has 1 aromatic heterocycles. The van der Waals surface area contributed by atoms with Crippen molar-refractivity contribution in [3.05, 3.63) is 51.5 Å². The number of aryl methyl sites for hydroxylation is 1. The molecule has 3 rings (SSSR count). The first-order valence-corrected chi connectivity index (χ1v) is 10.2. The number of carbonyl (C=O) groups is 2. The van der Waals surface area contributed by atoms with Crippen LogP contribution in [0.1, 0.15) is 5.56 Å². The zero-order valence-corrected chi connectivity index (χ0v) is 17.5. The highest BCUT2D eigenvalue weighted by Gasteiger charge is 2.10. The second-order valence-electron chi connectivity index (χ2n) is 5.78. The molecule has 27 heavy (non-hydrogen) atoms. The van der Waals surface area contributed by atoms with Crippen LogP contribution in [0.3, 0.4) is 0 Å². The molecule has 140 valence electrons. The van der Waals surface area contributed by atoms with Gasteiger partial charge in [0.2, 0.25) is 11.8 Å². The summed E-state index contributed by atoms with van der Waals surface area (Å²) in [4.78, 5) is 31.5. The maximum absolute atomic E-state index is 12.0. The lowest BCUT2D eigenvalue weighted by atomic mass is 10.2. The summed E-state index contributed by atoms with van der Waals surface area (Å²) in [6, 6.07) is 10.9. The molecular formula is C18H16BrClN4O2S. The number of aromatic amines is 1. The summed E-state index contributed by atoms with van der Waals surface area (Å²) >= 11 is 10.6. The molecular weight excluding hydrogens is 452 g/mol. The molecule has 0 bridgehead atoms. The lowest BCUT2D eigenvalue weighted by Gasteiger charge is -2.09. The number of hydrogen-bond acceptors (Lipinski definition) is 4. The molecule has 1 heterocycles. The summed E-state index contributed by atoms with van der Waals surface area (Å²) in [5, 5.41) is 6.62. The summed E-state index contributed by atoms with van der Waals surface area (Å²) in [5.41, 5.74) is 3.25. The first kappa shape index (κ1) is 19.7. The Balaban J connectivity index is 1.46. The Bertz CT molecular complexity index is 1010. The van der Waals surface area contributed by atoms with E-state index in [1.165, 1.54) is 11.8 Å². The minimum Gasteiger partial charge on any atom is -0.346 e. The zero-order chi connectivity index (χ0) is 19.4. The number of aromatic nitrogens is 2. The van der Waals surface area contributed by atoms with Gasteiger partial charge in [0.05, 0.1) is 23.3 Å². The average molecular weight is 468 g/mol. The van der Waals surface area contributed by atoms with Crippen molar-refractivity contribution in [1.29, 1.82) is 0 Å². The summed E-state index contributed by atoms with van der Waals surface area (Å²) in [5.74, 6) is -0.378. The summed E-state index contributed by atoms with van der Waals surface area (Å²) in [6.45, 7) is 1.81. The molecule has 3 N–H and O–H groups in total. The van der Waals surface area contributed by atoms with E-state index in [2.05, 4.69) is 36.5 Å². The topological polar surface area (TPSA) is 86.9 Å². The Morgan fingerprint density at radius 1 is 1.22 bits per heavy atom. The molecule has 2 amide bonds. The predicted octanol–water partition coefficient (Wildman–Crippen LogP) is 4.13. The fraction of sp³-hybridized carbons (Fsp3) is 0.167. The van der Waals surface area contributed by atoms with Crippen molar-refractivity contribution in [3.63, 3.8) is 0 Å². The van der Waals surface area contributed by atoms with Gasteiger partial charge in [0.15, 0.2) is 5.16 Å². The van der Waals surface area contributed by atoms with Gasteiger partial charge in [0.25, 0.3) is 0 Å². The van der Waals surface area contributed by atoms with Crippen molar-refractivity contribution in [1.82, 2.24) is 15.3 Å². The Hall–Kier alpha value is -2.03. The minimum absolute atomic E-state index is 0.0926. The summed E-state index contributed by atoms with van der Waals surface area (Å²) in [6.07, 6.45) is 0. The van der Waals surface area contributed by atoms with E-state index in [0.717, 1.165) is 21.1 Å². The number of rotatable bonds is 6. The molecule has 0 radical (unpaired) electrons. The Kier molecular flexibility index (Phi) is 6.41. The maximum Gasteiger partial charge on any atom is 0.243 e. The van der Waals surface area contributed by atoms with Gasteiger partial charge < -0.3 is 15.6 Å². The zero-order valence-electron chi connectivity index (χ0n) is 14.3. The molecule has 0 fully saturated rings. The number of hydrogen-bond donors (Lipinski definition) is 3. The van der Waals surface area contributed by atoms with E-state index in [1.54, 1.807) is 12.1 Å². The predicted molar refractivity (Wildman–Crippen MR) is 112 cm³/mol. The van der Waals surface area contributed by atoms with Crippen LogP contribution >= 0.6 is 39.3 Å². The van der Waals surface area contributed by atoms with Crippen LogP contribution in [-0.2, 0) is 9.59 Å². The number of nitrogens with one attached hydrogen (secondary N) is 3. The van der Waals surface area contributed by atoms with Gasteiger partial charge in [-0.25, -0.2) is 4.98 Å². The third-order valence-corrected chi connectivity index (χ3v) is 5.27. The van der Waals surface area contributed by atoms with E-state index in [4.69, 9.17) is 11.6 Å². The van der Waals surface area contributed by atoms with Crippen LogP contribution < -0.4 is 10.6 Å². The van der Waals surface area contributed by atoms with Crippen molar-refractivity contribution < 1.29 is 9.59 Å². The van der Waals surface area contributed by atoms with Gasteiger partial charge in [-0.1, -0.05) is 39.3 Å². The van der Waals surface area contributed by atoms with E-state index < -0.39 is 0 Å².